The Morgan fingerprint density at radius 1 is 1.71 bits per heavy atom. The largest absolute Gasteiger partial charge is 0.465 e. The second-order valence-corrected chi connectivity index (χ2v) is 4.22. The van der Waals surface area contributed by atoms with Crippen molar-refractivity contribution in [3.05, 3.63) is 23.5 Å². The van der Waals surface area contributed by atoms with E-state index in [2.05, 4.69) is 10.3 Å². The number of aromatic nitrogens is 1. The first-order chi connectivity index (χ1) is 8.31. The van der Waals surface area contributed by atoms with E-state index in [1.807, 2.05) is 0 Å². The molecule has 0 saturated carbocycles. The lowest BCUT2D eigenvalue weighted by Crippen LogP contribution is -2.23. The van der Waals surface area contributed by atoms with Gasteiger partial charge in [0.05, 0.1) is 19.3 Å². The van der Waals surface area contributed by atoms with Crippen LogP contribution in [0.4, 0.5) is 0 Å². The van der Waals surface area contributed by atoms with Gasteiger partial charge in [0, 0.05) is 31.6 Å². The first-order valence-electron chi connectivity index (χ1n) is 5.84. The number of esters is 1. The van der Waals surface area contributed by atoms with Crippen LogP contribution in [0.25, 0.3) is 0 Å². The summed E-state index contributed by atoms with van der Waals surface area (Å²) in [4.78, 5) is 14.5. The van der Waals surface area contributed by atoms with Crippen molar-refractivity contribution in [2.24, 2.45) is 5.92 Å². The highest BCUT2D eigenvalue weighted by Crippen LogP contribution is 2.12. The molecule has 1 aliphatic rings. The molecule has 0 radical (unpaired) electrons. The van der Waals surface area contributed by atoms with E-state index in [1.54, 1.807) is 12.3 Å². The lowest BCUT2D eigenvalue weighted by Gasteiger charge is -2.09. The van der Waals surface area contributed by atoms with E-state index < -0.39 is 0 Å². The number of rotatable bonds is 5. The Balaban J connectivity index is 1.82. The number of carbonyl (C=O) groups is 1. The predicted molar refractivity (Wildman–Crippen MR) is 62.8 cm³/mol. The summed E-state index contributed by atoms with van der Waals surface area (Å²) in [6.07, 6.45) is 2.86. The standard InChI is InChI=1S/C12H18N2O3/c1-16-12(15)10-2-4-14-11(10)7-13-6-9-3-5-17-8-9/h2,4,9,13-14H,3,5-8H2,1H3. The summed E-state index contributed by atoms with van der Waals surface area (Å²) in [6.45, 7) is 3.26. The Labute approximate surface area is 100 Å². The van der Waals surface area contributed by atoms with Crippen LogP contribution in [-0.2, 0) is 16.0 Å². The Morgan fingerprint density at radius 3 is 3.29 bits per heavy atom. The molecule has 2 heterocycles. The third-order valence-electron chi connectivity index (χ3n) is 3.00. The number of carbonyl (C=O) groups excluding carboxylic acids is 1. The minimum Gasteiger partial charge on any atom is -0.465 e. The van der Waals surface area contributed by atoms with Gasteiger partial charge in [-0.2, -0.15) is 0 Å². The van der Waals surface area contributed by atoms with Gasteiger partial charge in [0.1, 0.15) is 0 Å². The van der Waals surface area contributed by atoms with E-state index in [1.165, 1.54) is 7.11 Å². The average Bonchev–Trinajstić information content (AvgIpc) is 2.99. The van der Waals surface area contributed by atoms with Crippen LogP contribution in [0.5, 0.6) is 0 Å². The molecular formula is C12H18N2O3. The van der Waals surface area contributed by atoms with Gasteiger partial charge in [-0.3, -0.25) is 0 Å². The number of H-pyrrole nitrogens is 1. The number of methoxy groups -OCH3 is 1. The first kappa shape index (κ1) is 12.1. The van der Waals surface area contributed by atoms with Gasteiger partial charge < -0.3 is 19.8 Å². The highest BCUT2D eigenvalue weighted by molar-refractivity contribution is 5.90. The molecular weight excluding hydrogens is 220 g/mol. The summed E-state index contributed by atoms with van der Waals surface area (Å²) in [5, 5.41) is 3.33. The van der Waals surface area contributed by atoms with Crippen LogP contribution in [0.1, 0.15) is 22.5 Å². The molecule has 1 atom stereocenters. The molecule has 2 N–H and O–H groups in total. The number of aromatic amines is 1. The van der Waals surface area contributed by atoms with Crippen LogP contribution in [0.15, 0.2) is 12.3 Å². The second kappa shape index (κ2) is 5.84. The fraction of sp³-hybridized carbons (Fsp3) is 0.583. The van der Waals surface area contributed by atoms with E-state index in [0.29, 0.717) is 18.0 Å². The molecule has 1 saturated heterocycles. The maximum atomic E-state index is 11.4. The van der Waals surface area contributed by atoms with Crippen molar-refractivity contribution < 1.29 is 14.3 Å². The fourth-order valence-electron chi connectivity index (χ4n) is 2.00. The molecule has 1 aromatic rings. The maximum Gasteiger partial charge on any atom is 0.339 e. The lowest BCUT2D eigenvalue weighted by molar-refractivity contribution is 0.0599. The van der Waals surface area contributed by atoms with Crippen molar-refractivity contribution in [3.63, 3.8) is 0 Å². The zero-order chi connectivity index (χ0) is 12.1. The van der Waals surface area contributed by atoms with Gasteiger partial charge in [0.15, 0.2) is 0 Å². The summed E-state index contributed by atoms with van der Waals surface area (Å²) >= 11 is 0. The zero-order valence-corrected chi connectivity index (χ0v) is 9.99. The van der Waals surface area contributed by atoms with Crippen molar-refractivity contribution >= 4 is 5.97 Å². The van der Waals surface area contributed by atoms with Gasteiger partial charge in [-0.15, -0.1) is 0 Å². The zero-order valence-electron chi connectivity index (χ0n) is 9.99. The Hall–Kier alpha value is -1.33. The van der Waals surface area contributed by atoms with E-state index in [0.717, 1.165) is 31.9 Å². The van der Waals surface area contributed by atoms with Crippen molar-refractivity contribution in [3.8, 4) is 0 Å². The number of hydrogen-bond donors (Lipinski definition) is 2. The number of nitrogens with one attached hydrogen (secondary N) is 2. The molecule has 1 aliphatic heterocycles. The van der Waals surface area contributed by atoms with Gasteiger partial charge in [-0.25, -0.2) is 4.79 Å². The molecule has 1 unspecified atom stereocenters. The SMILES string of the molecule is COC(=O)c1cc[nH]c1CNCC1CCOC1. The Bertz CT molecular complexity index is 370. The average molecular weight is 238 g/mol. The quantitative estimate of drug-likeness (QED) is 0.749. The summed E-state index contributed by atoms with van der Waals surface area (Å²) in [6, 6.07) is 1.74. The van der Waals surface area contributed by atoms with Crippen molar-refractivity contribution in [1.29, 1.82) is 0 Å². The summed E-state index contributed by atoms with van der Waals surface area (Å²) < 4.78 is 10.0. The van der Waals surface area contributed by atoms with Crippen LogP contribution >= 0.6 is 0 Å². The van der Waals surface area contributed by atoms with E-state index in [9.17, 15) is 4.79 Å². The topological polar surface area (TPSA) is 63.4 Å². The smallest absolute Gasteiger partial charge is 0.339 e. The Kier molecular flexibility index (Phi) is 4.17. The highest BCUT2D eigenvalue weighted by atomic mass is 16.5. The molecule has 0 bridgehead atoms. The minimum atomic E-state index is -0.299. The molecule has 0 aromatic carbocycles. The molecule has 0 amide bonds. The van der Waals surface area contributed by atoms with Crippen molar-refractivity contribution in [2.45, 2.75) is 13.0 Å². The van der Waals surface area contributed by atoms with Gasteiger partial charge in [-0.1, -0.05) is 0 Å². The number of hydrogen-bond acceptors (Lipinski definition) is 4. The molecule has 2 rings (SSSR count). The molecule has 94 valence electrons. The molecule has 0 aliphatic carbocycles. The van der Waals surface area contributed by atoms with Crippen LogP contribution in [-0.4, -0.2) is 37.8 Å². The normalized spacial score (nSPS) is 19.5. The minimum absolute atomic E-state index is 0.299. The van der Waals surface area contributed by atoms with Crippen molar-refractivity contribution in [1.82, 2.24) is 10.3 Å². The molecule has 17 heavy (non-hydrogen) atoms. The lowest BCUT2D eigenvalue weighted by atomic mass is 10.1. The van der Waals surface area contributed by atoms with Crippen LogP contribution in [0, 0.1) is 5.92 Å². The van der Waals surface area contributed by atoms with Gasteiger partial charge in [0.2, 0.25) is 0 Å². The summed E-state index contributed by atoms with van der Waals surface area (Å²) in [7, 11) is 1.39. The Morgan fingerprint density at radius 2 is 2.59 bits per heavy atom. The molecule has 0 spiro atoms. The van der Waals surface area contributed by atoms with Gasteiger partial charge in [0.25, 0.3) is 0 Å². The van der Waals surface area contributed by atoms with E-state index in [4.69, 9.17) is 9.47 Å². The summed E-state index contributed by atoms with van der Waals surface area (Å²) in [5.74, 6) is 0.291. The van der Waals surface area contributed by atoms with Gasteiger partial charge >= 0.3 is 5.97 Å². The number of ether oxygens (including phenoxy) is 2. The summed E-state index contributed by atoms with van der Waals surface area (Å²) in [5.41, 5.74) is 1.47. The predicted octanol–water partition coefficient (Wildman–Crippen LogP) is 0.927. The highest BCUT2D eigenvalue weighted by Gasteiger charge is 2.16. The van der Waals surface area contributed by atoms with Crippen LogP contribution < -0.4 is 5.32 Å². The second-order valence-electron chi connectivity index (χ2n) is 4.22. The van der Waals surface area contributed by atoms with E-state index in [-0.39, 0.29) is 5.97 Å². The maximum absolute atomic E-state index is 11.4. The third kappa shape index (κ3) is 3.08. The van der Waals surface area contributed by atoms with Crippen LogP contribution in [0.2, 0.25) is 0 Å². The molecule has 5 heteroatoms. The van der Waals surface area contributed by atoms with Crippen LogP contribution in [0.3, 0.4) is 0 Å². The first-order valence-corrected chi connectivity index (χ1v) is 5.84. The molecule has 1 fully saturated rings. The van der Waals surface area contributed by atoms with Crippen molar-refractivity contribution in [2.75, 3.05) is 26.9 Å². The molecule has 5 nitrogen and oxygen atoms in total. The third-order valence-corrected chi connectivity index (χ3v) is 3.00. The molecule has 1 aromatic heterocycles. The van der Waals surface area contributed by atoms with E-state index >= 15 is 0 Å². The fourth-order valence-corrected chi connectivity index (χ4v) is 2.00. The van der Waals surface area contributed by atoms with Gasteiger partial charge in [-0.05, 0) is 18.4 Å². The monoisotopic (exact) mass is 238 g/mol.